The third-order valence-corrected chi connectivity index (χ3v) is 5.22. The van der Waals surface area contributed by atoms with E-state index in [0.29, 0.717) is 24.2 Å². The number of H-pyrrole nitrogens is 1. The summed E-state index contributed by atoms with van der Waals surface area (Å²) in [6, 6.07) is 11.1. The summed E-state index contributed by atoms with van der Waals surface area (Å²) in [7, 11) is 0. The predicted molar refractivity (Wildman–Crippen MR) is 129 cm³/mol. The highest BCUT2D eigenvalue weighted by atomic mass is 19.2. The second-order valence-corrected chi connectivity index (χ2v) is 7.78. The largest absolute Gasteiger partial charge is 0.326 e. The highest BCUT2D eigenvalue weighted by Crippen LogP contribution is 2.19. The van der Waals surface area contributed by atoms with Gasteiger partial charge in [0.05, 0.1) is 11.3 Å². The molecule has 4 rings (SSSR count). The number of hydrogen-bond acceptors (Lipinski definition) is 5. The number of anilines is 2. The molecule has 8 nitrogen and oxygen atoms in total. The van der Waals surface area contributed by atoms with Crippen LogP contribution < -0.4 is 21.5 Å². The van der Waals surface area contributed by atoms with E-state index in [9.17, 15) is 22.8 Å². The van der Waals surface area contributed by atoms with Gasteiger partial charge in [-0.3, -0.25) is 20.1 Å². The van der Waals surface area contributed by atoms with E-state index in [0.717, 1.165) is 18.5 Å². The second kappa shape index (κ2) is 11.3. The molecule has 0 aliphatic carbocycles. The predicted octanol–water partition coefficient (Wildman–Crippen LogP) is 4.23. The van der Waals surface area contributed by atoms with Crippen molar-refractivity contribution in [2.45, 2.75) is 13.0 Å². The number of hydrogen-bond donors (Lipinski definition) is 4. The zero-order valence-electron chi connectivity index (χ0n) is 18.8. The highest BCUT2D eigenvalue weighted by Gasteiger charge is 2.13. The number of aromatic amines is 1. The SMILES string of the molecule is O=C(Nc1ncc(-c2ccc(CNCCc3ccncc3)cc2)c(=O)[nH]1)Nc1cc(F)c(F)cc1F. The first-order valence-corrected chi connectivity index (χ1v) is 10.9. The lowest BCUT2D eigenvalue weighted by Gasteiger charge is -2.09. The van der Waals surface area contributed by atoms with E-state index in [4.69, 9.17) is 0 Å². The van der Waals surface area contributed by atoms with Crippen LogP contribution in [0.15, 0.2) is 71.9 Å². The van der Waals surface area contributed by atoms with Gasteiger partial charge in [0.2, 0.25) is 5.95 Å². The Hall–Kier alpha value is -4.51. The van der Waals surface area contributed by atoms with Crippen LogP contribution in [-0.4, -0.2) is 27.5 Å². The summed E-state index contributed by atoms with van der Waals surface area (Å²) in [6.07, 6.45) is 5.70. The normalized spacial score (nSPS) is 10.8. The van der Waals surface area contributed by atoms with Crippen molar-refractivity contribution in [3.05, 3.63) is 106 Å². The van der Waals surface area contributed by atoms with Gasteiger partial charge in [-0.15, -0.1) is 0 Å². The average Bonchev–Trinajstić information content (AvgIpc) is 2.86. The highest BCUT2D eigenvalue weighted by molar-refractivity contribution is 5.98. The molecule has 2 aromatic heterocycles. The molecule has 0 unspecified atom stereocenters. The molecule has 0 aliphatic heterocycles. The Morgan fingerprint density at radius 3 is 2.33 bits per heavy atom. The summed E-state index contributed by atoms with van der Waals surface area (Å²) >= 11 is 0. The molecule has 4 aromatic rings. The Bertz CT molecular complexity index is 1410. The summed E-state index contributed by atoms with van der Waals surface area (Å²) in [5, 5.41) is 7.60. The molecule has 0 spiro atoms. The van der Waals surface area contributed by atoms with Gasteiger partial charge in [-0.25, -0.2) is 22.9 Å². The molecule has 0 radical (unpaired) electrons. The molecule has 2 aromatic carbocycles. The van der Waals surface area contributed by atoms with Gasteiger partial charge in [-0.05, 0) is 41.8 Å². The number of urea groups is 1. The van der Waals surface area contributed by atoms with Gasteiger partial charge < -0.3 is 10.6 Å². The van der Waals surface area contributed by atoms with Gasteiger partial charge in [-0.2, -0.15) is 0 Å². The molecule has 2 heterocycles. The Balaban J connectivity index is 1.33. The van der Waals surface area contributed by atoms with E-state index in [2.05, 4.69) is 25.6 Å². The third kappa shape index (κ3) is 6.33. The van der Waals surface area contributed by atoms with Crippen LogP contribution in [0.2, 0.25) is 0 Å². The van der Waals surface area contributed by atoms with E-state index >= 15 is 0 Å². The molecule has 184 valence electrons. The van der Waals surface area contributed by atoms with Crippen LogP contribution in [0.25, 0.3) is 11.1 Å². The monoisotopic (exact) mass is 494 g/mol. The van der Waals surface area contributed by atoms with Crippen LogP contribution in [-0.2, 0) is 13.0 Å². The van der Waals surface area contributed by atoms with Gasteiger partial charge in [0.25, 0.3) is 5.56 Å². The molecule has 0 saturated heterocycles. The standard InChI is InChI=1S/C25H21F3N6O2/c26-19-11-21(28)22(12-20(19)27)32-25(36)34-24-31-14-18(23(35)33-24)17-3-1-16(2-4-17)13-30-10-7-15-5-8-29-9-6-15/h1-6,8-9,11-12,14,30H,7,10,13H2,(H3,31,32,33,34,35,36). The van der Waals surface area contributed by atoms with Crippen LogP contribution in [0.5, 0.6) is 0 Å². The van der Waals surface area contributed by atoms with Gasteiger partial charge in [0.15, 0.2) is 11.6 Å². The van der Waals surface area contributed by atoms with E-state index in [-0.39, 0.29) is 11.5 Å². The van der Waals surface area contributed by atoms with Crippen molar-refractivity contribution in [2.24, 2.45) is 0 Å². The lowest BCUT2D eigenvalue weighted by Crippen LogP contribution is -2.24. The summed E-state index contributed by atoms with van der Waals surface area (Å²) in [5.74, 6) is -4.08. The molecule has 4 N–H and O–H groups in total. The van der Waals surface area contributed by atoms with Gasteiger partial charge in [-0.1, -0.05) is 24.3 Å². The van der Waals surface area contributed by atoms with Gasteiger partial charge in [0.1, 0.15) is 5.82 Å². The molecule has 2 amide bonds. The number of carbonyl (C=O) groups is 1. The van der Waals surface area contributed by atoms with Gasteiger partial charge in [0, 0.05) is 37.3 Å². The first kappa shape index (κ1) is 24.6. The van der Waals surface area contributed by atoms with Crippen molar-refractivity contribution in [1.82, 2.24) is 20.3 Å². The van der Waals surface area contributed by atoms with Crippen LogP contribution >= 0.6 is 0 Å². The Labute approximate surface area is 203 Å². The quantitative estimate of drug-likeness (QED) is 0.216. The summed E-state index contributed by atoms with van der Waals surface area (Å²) < 4.78 is 40.0. The minimum atomic E-state index is -1.38. The van der Waals surface area contributed by atoms with Crippen LogP contribution in [0.1, 0.15) is 11.1 Å². The van der Waals surface area contributed by atoms with Crippen LogP contribution in [0, 0.1) is 17.5 Å². The Morgan fingerprint density at radius 2 is 1.61 bits per heavy atom. The lowest BCUT2D eigenvalue weighted by atomic mass is 10.1. The average molecular weight is 494 g/mol. The number of halogens is 3. The van der Waals surface area contributed by atoms with Crippen molar-refractivity contribution in [3.8, 4) is 11.1 Å². The summed E-state index contributed by atoms with van der Waals surface area (Å²) in [6.45, 7) is 1.47. The summed E-state index contributed by atoms with van der Waals surface area (Å²) in [5.41, 5.74) is 2.07. The zero-order chi connectivity index (χ0) is 25.5. The number of nitrogens with zero attached hydrogens (tertiary/aromatic N) is 2. The number of carbonyl (C=O) groups excluding carboxylic acids is 1. The third-order valence-electron chi connectivity index (χ3n) is 5.22. The minimum Gasteiger partial charge on any atom is -0.312 e. The Morgan fingerprint density at radius 1 is 0.889 bits per heavy atom. The first-order valence-electron chi connectivity index (χ1n) is 10.9. The van der Waals surface area contributed by atoms with E-state index in [1.54, 1.807) is 24.5 Å². The fourth-order valence-electron chi connectivity index (χ4n) is 3.36. The van der Waals surface area contributed by atoms with Crippen molar-refractivity contribution in [1.29, 1.82) is 0 Å². The van der Waals surface area contributed by atoms with Crippen molar-refractivity contribution >= 4 is 17.7 Å². The number of rotatable bonds is 8. The molecule has 0 atom stereocenters. The minimum absolute atomic E-state index is 0.209. The fourth-order valence-corrected chi connectivity index (χ4v) is 3.36. The van der Waals surface area contributed by atoms with Crippen molar-refractivity contribution in [3.63, 3.8) is 0 Å². The van der Waals surface area contributed by atoms with E-state index in [1.165, 1.54) is 11.8 Å². The summed E-state index contributed by atoms with van der Waals surface area (Å²) in [4.78, 5) is 35.0. The van der Waals surface area contributed by atoms with Crippen LogP contribution in [0.4, 0.5) is 29.6 Å². The van der Waals surface area contributed by atoms with Crippen molar-refractivity contribution in [2.75, 3.05) is 17.2 Å². The topological polar surface area (TPSA) is 112 Å². The first-order chi connectivity index (χ1) is 17.4. The van der Waals surface area contributed by atoms with Gasteiger partial charge >= 0.3 is 6.03 Å². The molecule has 0 bridgehead atoms. The molecule has 36 heavy (non-hydrogen) atoms. The number of nitrogens with one attached hydrogen (secondary N) is 4. The van der Waals surface area contributed by atoms with E-state index < -0.39 is 34.7 Å². The lowest BCUT2D eigenvalue weighted by molar-refractivity contribution is 0.262. The second-order valence-electron chi connectivity index (χ2n) is 7.78. The number of aromatic nitrogens is 3. The number of amides is 2. The molecule has 0 saturated carbocycles. The zero-order valence-corrected chi connectivity index (χ0v) is 18.8. The maximum Gasteiger partial charge on any atom is 0.326 e. The molecule has 0 fully saturated rings. The van der Waals surface area contributed by atoms with E-state index in [1.807, 2.05) is 29.6 Å². The number of pyridine rings is 1. The maximum absolute atomic E-state index is 13.7. The maximum atomic E-state index is 13.7. The molecule has 11 heteroatoms. The molecular formula is C25H21F3N6O2. The fraction of sp³-hybridized carbons (Fsp3) is 0.120. The number of benzene rings is 2. The Kier molecular flexibility index (Phi) is 7.71. The van der Waals surface area contributed by atoms with Crippen molar-refractivity contribution < 1.29 is 18.0 Å². The molecular weight excluding hydrogens is 473 g/mol. The van der Waals surface area contributed by atoms with Crippen LogP contribution in [0.3, 0.4) is 0 Å². The smallest absolute Gasteiger partial charge is 0.312 e. The molecule has 0 aliphatic rings.